The molecule has 114 valence electrons. The minimum atomic E-state index is -0.809. The van der Waals surface area contributed by atoms with Gasteiger partial charge in [-0.05, 0) is 51.3 Å². The molecule has 0 aliphatic heterocycles. The highest BCUT2D eigenvalue weighted by Crippen LogP contribution is 2.51. The molecule has 1 unspecified atom stereocenters. The number of benzene rings is 1. The van der Waals surface area contributed by atoms with Crippen molar-refractivity contribution >= 4 is 47.6 Å². The zero-order valence-corrected chi connectivity index (χ0v) is 16.1. The van der Waals surface area contributed by atoms with E-state index in [1.807, 2.05) is 0 Å². The normalized spacial score (nSPS) is 12.8. The maximum Gasteiger partial charge on any atom is 0.0858 e. The summed E-state index contributed by atoms with van der Waals surface area (Å²) in [6.07, 6.45) is 9.35. The fourth-order valence-electron chi connectivity index (χ4n) is 2.02. The first-order chi connectivity index (χ1) is 9.58. The topological polar surface area (TPSA) is 0 Å². The number of hydrogen-bond donors (Lipinski definition) is 0. The quantitative estimate of drug-likeness (QED) is 0.294. The molecule has 1 aromatic carbocycles. The molecule has 0 bridgehead atoms. The number of halogens is 3. The summed E-state index contributed by atoms with van der Waals surface area (Å²) in [4.78, 5) is 0. The Morgan fingerprint density at radius 3 is 2.10 bits per heavy atom. The van der Waals surface area contributed by atoms with Crippen molar-refractivity contribution in [2.24, 2.45) is 0 Å². The second kappa shape index (κ2) is 11.5. The van der Waals surface area contributed by atoms with Gasteiger partial charge in [-0.2, -0.15) is 0 Å². The van der Waals surface area contributed by atoms with E-state index < -0.39 is 6.63 Å². The van der Waals surface area contributed by atoms with Gasteiger partial charge in [0.2, 0.25) is 0 Å². The highest BCUT2D eigenvalue weighted by molar-refractivity contribution is 8.04. The van der Waals surface area contributed by atoms with Gasteiger partial charge < -0.3 is 0 Å². The molecule has 1 atom stereocenters. The molecule has 0 aromatic heterocycles. The second-order valence-corrected chi connectivity index (χ2v) is 12.4. The lowest BCUT2D eigenvalue weighted by molar-refractivity contribution is 0.669. The minimum absolute atomic E-state index is 0.362. The standard InChI is InChI=1S/C15H23Cl3P2/c1-14-7-9-15(10-8-14)6-4-2-3-5-11-19(16)12-13-20(17)18/h7-10H,2-6,11-13H2,1H3. The number of hydrogen-bond acceptors (Lipinski definition) is 0. The summed E-state index contributed by atoms with van der Waals surface area (Å²) in [6, 6.07) is 8.87. The first-order valence-corrected chi connectivity index (χ1v) is 13.1. The van der Waals surface area contributed by atoms with E-state index in [1.165, 1.54) is 43.2 Å². The second-order valence-electron chi connectivity index (χ2n) is 5.09. The zero-order chi connectivity index (χ0) is 14.8. The molecule has 0 aliphatic carbocycles. The highest BCUT2D eigenvalue weighted by Gasteiger charge is 2.07. The number of rotatable bonds is 10. The molecule has 0 aliphatic rings. The van der Waals surface area contributed by atoms with Gasteiger partial charge in [0.15, 0.2) is 0 Å². The van der Waals surface area contributed by atoms with Crippen molar-refractivity contribution < 1.29 is 0 Å². The summed E-state index contributed by atoms with van der Waals surface area (Å²) < 4.78 is 0. The van der Waals surface area contributed by atoms with Gasteiger partial charge in [-0.3, -0.25) is 0 Å². The van der Waals surface area contributed by atoms with E-state index >= 15 is 0 Å². The van der Waals surface area contributed by atoms with E-state index in [0.29, 0.717) is 0 Å². The summed E-state index contributed by atoms with van der Waals surface area (Å²) in [6.45, 7) is 1.32. The minimum Gasteiger partial charge on any atom is -0.0964 e. The largest absolute Gasteiger partial charge is 0.0964 e. The Hall–Kier alpha value is 0.950. The van der Waals surface area contributed by atoms with E-state index in [0.717, 1.165) is 18.5 Å². The molecular weight excluding hydrogens is 348 g/mol. The maximum absolute atomic E-state index is 6.31. The van der Waals surface area contributed by atoms with Crippen molar-refractivity contribution in [3.63, 3.8) is 0 Å². The predicted molar refractivity (Wildman–Crippen MR) is 99.4 cm³/mol. The Morgan fingerprint density at radius 2 is 1.45 bits per heavy atom. The lowest BCUT2D eigenvalue weighted by Gasteiger charge is -2.09. The van der Waals surface area contributed by atoms with Crippen LogP contribution in [-0.2, 0) is 6.42 Å². The average molecular weight is 372 g/mol. The van der Waals surface area contributed by atoms with Crippen LogP contribution in [0.25, 0.3) is 0 Å². The molecule has 0 heterocycles. The maximum atomic E-state index is 6.31. The van der Waals surface area contributed by atoms with Crippen LogP contribution in [0.15, 0.2) is 24.3 Å². The molecule has 1 rings (SSSR count). The monoisotopic (exact) mass is 370 g/mol. The van der Waals surface area contributed by atoms with Crippen molar-refractivity contribution in [1.82, 2.24) is 0 Å². The summed E-state index contributed by atoms with van der Waals surface area (Å²) >= 11 is 17.9. The third-order valence-corrected chi connectivity index (χ3v) is 7.70. The van der Waals surface area contributed by atoms with Gasteiger partial charge in [0.25, 0.3) is 0 Å². The Balaban J connectivity index is 1.98. The molecular formula is C15H23Cl3P2. The molecule has 0 nitrogen and oxygen atoms in total. The zero-order valence-electron chi connectivity index (χ0n) is 12.0. The van der Waals surface area contributed by atoms with Gasteiger partial charge >= 0.3 is 0 Å². The van der Waals surface area contributed by atoms with Crippen LogP contribution in [0, 0.1) is 6.92 Å². The van der Waals surface area contributed by atoms with Crippen LogP contribution in [0.1, 0.15) is 36.8 Å². The molecule has 0 spiro atoms. The summed E-state index contributed by atoms with van der Waals surface area (Å²) in [5, 5.41) is 0. The average Bonchev–Trinajstić information content (AvgIpc) is 2.42. The van der Waals surface area contributed by atoms with Gasteiger partial charge in [0.1, 0.15) is 0 Å². The molecule has 0 amide bonds. The van der Waals surface area contributed by atoms with Crippen molar-refractivity contribution in [2.45, 2.75) is 39.0 Å². The van der Waals surface area contributed by atoms with Crippen molar-refractivity contribution in [2.75, 3.05) is 18.5 Å². The molecule has 0 N–H and O–H groups in total. The third kappa shape index (κ3) is 9.81. The fourth-order valence-corrected chi connectivity index (χ4v) is 6.68. The SMILES string of the molecule is Cc1ccc(CCCCCCP(Cl)CCP(Cl)Cl)cc1. The number of aryl methyl sites for hydroxylation is 2. The van der Waals surface area contributed by atoms with Crippen LogP contribution in [0.2, 0.25) is 0 Å². The van der Waals surface area contributed by atoms with Gasteiger partial charge in [-0.15, -0.1) is 0 Å². The molecule has 1 aromatic rings. The van der Waals surface area contributed by atoms with Crippen LogP contribution in [0.3, 0.4) is 0 Å². The van der Waals surface area contributed by atoms with E-state index in [1.54, 1.807) is 0 Å². The van der Waals surface area contributed by atoms with Crippen LogP contribution in [-0.4, -0.2) is 18.5 Å². The summed E-state index contributed by atoms with van der Waals surface area (Å²) in [7, 11) is -0.362. The van der Waals surface area contributed by atoms with Gasteiger partial charge in [0, 0.05) is 6.16 Å². The smallest absolute Gasteiger partial charge is 0.0858 e. The van der Waals surface area contributed by atoms with Crippen molar-refractivity contribution in [3.05, 3.63) is 35.4 Å². The highest BCUT2D eigenvalue weighted by atomic mass is 35.9. The molecule has 0 saturated heterocycles. The molecule has 20 heavy (non-hydrogen) atoms. The summed E-state index contributed by atoms with van der Waals surface area (Å²) in [5.74, 6) is 0. The van der Waals surface area contributed by atoms with Gasteiger partial charge in [0.05, 0.1) is 6.63 Å². The van der Waals surface area contributed by atoms with E-state index in [4.69, 9.17) is 33.7 Å². The Bertz CT molecular complexity index is 355. The van der Waals surface area contributed by atoms with E-state index in [-0.39, 0.29) is 7.27 Å². The van der Waals surface area contributed by atoms with E-state index in [9.17, 15) is 0 Å². The molecule has 0 radical (unpaired) electrons. The fraction of sp³-hybridized carbons (Fsp3) is 0.600. The first kappa shape index (κ1) is 19.0. The molecule has 0 fully saturated rings. The molecule has 5 heteroatoms. The number of unbranched alkanes of at least 4 members (excludes halogenated alkanes) is 3. The predicted octanol–water partition coefficient (Wildman–Crippen LogP) is 7.52. The van der Waals surface area contributed by atoms with Gasteiger partial charge in [-0.1, -0.05) is 76.4 Å². The van der Waals surface area contributed by atoms with E-state index in [2.05, 4.69) is 31.2 Å². The lowest BCUT2D eigenvalue weighted by atomic mass is 10.1. The summed E-state index contributed by atoms with van der Waals surface area (Å²) in [5.41, 5.74) is 2.79. The van der Waals surface area contributed by atoms with Crippen molar-refractivity contribution in [3.8, 4) is 0 Å². The lowest BCUT2D eigenvalue weighted by Crippen LogP contribution is -1.90. The molecule has 0 saturated carbocycles. The van der Waals surface area contributed by atoms with Crippen LogP contribution in [0.5, 0.6) is 0 Å². The Morgan fingerprint density at radius 1 is 0.800 bits per heavy atom. The van der Waals surface area contributed by atoms with Crippen molar-refractivity contribution in [1.29, 1.82) is 0 Å². The first-order valence-electron chi connectivity index (χ1n) is 7.13. The Kier molecular flexibility index (Phi) is 10.9. The van der Waals surface area contributed by atoms with Crippen LogP contribution in [0.4, 0.5) is 0 Å². The Labute approximate surface area is 140 Å². The van der Waals surface area contributed by atoms with Crippen LogP contribution >= 0.6 is 47.6 Å². The third-order valence-electron chi connectivity index (χ3n) is 3.25. The van der Waals surface area contributed by atoms with Gasteiger partial charge in [-0.25, -0.2) is 0 Å². The van der Waals surface area contributed by atoms with Crippen LogP contribution < -0.4 is 0 Å².